The molecule has 2 saturated carbocycles. The van der Waals surface area contributed by atoms with Crippen LogP contribution in [0.2, 0.25) is 0 Å². The molecule has 614 valence electrons. The SMILES string of the molecule is CCC1CCN(S(=O)(=O)c2ccc(C)cc2)CC1.Cc1ccc(S(=O)(=O)N2CCC(C)CC2)cc1.Cc1ccc(S(=O)(=O)NC2CCCCC2)cc1.Cc1ccc(S(=O)(=O)NC2CCN(Cc3ccccc3)CC2)cc1.Cc1ccc(S(=O)(=O)NCC2CCCCC2)cc1.Cc1ccc(S(=O)(=O)NCCN(C)C)cc1.Cl. The molecule has 4 N–H and O–H groups in total. The monoisotopic (exact) mass is 1660 g/mol. The molecule has 3 aliphatic heterocycles. The van der Waals surface area contributed by atoms with E-state index in [0.29, 0.717) is 92.9 Å². The van der Waals surface area contributed by atoms with Crippen LogP contribution in [0.3, 0.4) is 0 Å². The summed E-state index contributed by atoms with van der Waals surface area (Å²) in [5.41, 5.74) is 7.71. The number of sulfonamides is 6. The molecule has 20 nitrogen and oxygen atoms in total. The molecule has 7 aromatic rings. The highest BCUT2D eigenvalue weighted by atomic mass is 35.5. The second-order valence-corrected chi connectivity index (χ2v) is 41.2. The van der Waals surface area contributed by atoms with E-state index in [4.69, 9.17) is 0 Å². The molecule has 0 amide bonds. The van der Waals surface area contributed by atoms with Crippen LogP contribution in [0, 0.1) is 59.3 Å². The minimum atomic E-state index is -3.42. The zero-order chi connectivity index (χ0) is 80.1. The topological polar surface area (TPSA) is 266 Å². The van der Waals surface area contributed by atoms with Crippen molar-refractivity contribution in [3.05, 3.63) is 215 Å². The zero-order valence-corrected chi connectivity index (χ0v) is 72.5. The normalized spacial score (nSPS) is 17.1. The summed E-state index contributed by atoms with van der Waals surface area (Å²) in [6.45, 7) is 23.1. The van der Waals surface area contributed by atoms with Crippen molar-refractivity contribution in [2.45, 2.75) is 213 Å². The summed E-state index contributed by atoms with van der Waals surface area (Å²) >= 11 is 0. The molecule has 3 heterocycles. The van der Waals surface area contributed by atoms with E-state index in [1.54, 1.807) is 93.5 Å². The van der Waals surface area contributed by atoms with E-state index in [9.17, 15) is 50.5 Å². The molecule has 0 spiro atoms. The Balaban J connectivity index is 0.000000209. The smallest absolute Gasteiger partial charge is 0.243 e. The second kappa shape index (κ2) is 45.5. The largest absolute Gasteiger partial charge is 0.308 e. The Bertz CT molecular complexity index is 4600. The molecule has 0 bridgehead atoms. The van der Waals surface area contributed by atoms with E-state index in [1.165, 1.54) is 31.2 Å². The van der Waals surface area contributed by atoms with Gasteiger partial charge in [-0.2, -0.15) is 8.61 Å². The van der Waals surface area contributed by atoms with Crippen LogP contribution in [0.25, 0.3) is 0 Å². The Hall–Kier alpha value is -5.79. The third kappa shape index (κ3) is 31.7. The van der Waals surface area contributed by atoms with E-state index in [0.717, 1.165) is 136 Å². The average Bonchev–Trinajstić information content (AvgIpc) is 0.816. The summed E-state index contributed by atoms with van der Waals surface area (Å²) in [6, 6.07) is 52.5. The maximum Gasteiger partial charge on any atom is 0.243 e. The summed E-state index contributed by atoms with van der Waals surface area (Å²) in [4.78, 5) is 6.54. The van der Waals surface area contributed by atoms with Crippen molar-refractivity contribution in [1.29, 1.82) is 0 Å². The van der Waals surface area contributed by atoms with Gasteiger partial charge in [0.1, 0.15) is 0 Å². The minimum Gasteiger partial charge on any atom is -0.308 e. The van der Waals surface area contributed by atoms with Gasteiger partial charge in [-0.25, -0.2) is 69.4 Å². The molecular formula is C84H123ClN8O12S6. The van der Waals surface area contributed by atoms with Gasteiger partial charge in [-0.1, -0.05) is 195 Å². The van der Waals surface area contributed by atoms with Gasteiger partial charge in [-0.15, -0.1) is 12.4 Å². The number of piperidine rings is 3. The van der Waals surface area contributed by atoms with Gasteiger partial charge in [0.2, 0.25) is 60.1 Å². The van der Waals surface area contributed by atoms with Crippen molar-refractivity contribution < 1.29 is 50.5 Å². The molecule has 27 heteroatoms. The molecule has 3 saturated heterocycles. The van der Waals surface area contributed by atoms with E-state index >= 15 is 0 Å². The first-order valence-electron chi connectivity index (χ1n) is 39.0. The first kappa shape index (κ1) is 94.1. The molecule has 0 unspecified atom stereocenters. The van der Waals surface area contributed by atoms with Crippen LogP contribution in [0.15, 0.2) is 205 Å². The molecule has 7 aromatic carbocycles. The number of hydrogen-bond acceptors (Lipinski definition) is 14. The van der Waals surface area contributed by atoms with Gasteiger partial charge < -0.3 is 4.90 Å². The number of hydrogen-bond donors (Lipinski definition) is 4. The zero-order valence-electron chi connectivity index (χ0n) is 66.8. The third-order valence-electron chi connectivity index (χ3n) is 20.8. The van der Waals surface area contributed by atoms with Crippen molar-refractivity contribution in [2.75, 3.05) is 73.0 Å². The maximum atomic E-state index is 12.5. The second-order valence-electron chi connectivity index (χ2n) is 30.4. The fourth-order valence-electron chi connectivity index (χ4n) is 13.4. The Morgan fingerprint density at radius 3 is 1.05 bits per heavy atom. The molecular weight excluding hydrogens is 1540 g/mol. The molecule has 5 fully saturated rings. The van der Waals surface area contributed by atoms with Gasteiger partial charge >= 0.3 is 0 Å². The van der Waals surface area contributed by atoms with Gasteiger partial charge in [0.05, 0.1) is 29.4 Å². The number of aryl methyl sites for hydroxylation is 6. The lowest BCUT2D eigenvalue weighted by atomic mass is 9.90. The van der Waals surface area contributed by atoms with E-state index < -0.39 is 60.1 Å². The van der Waals surface area contributed by atoms with Gasteiger partial charge in [0.15, 0.2) is 0 Å². The van der Waals surface area contributed by atoms with Gasteiger partial charge in [0, 0.05) is 77.5 Å². The van der Waals surface area contributed by atoms with Gasteiger partial charge in [-0.05, 0) is 216 Å². The molecule has 0 radical (unpaired) electrons. The molecule has 111 heavy (non-hydrogen) atoms. The van der Waals surface area contributed by atoms with Crippen LogP contribution in [0.5, 0.6) is 0 Å². The average molecular weight is 1660 g/mol. The van der Waals surface area contributed by atoms with Crippen LogP contribution in [0.4, 0.5) is 0 Å². The first-order valence-corrected chi connectivity index (χ1v) is 47.8. The fourth-order valence-corrected chi connectivity index (χ4v) is 21.1. The van der Waals surface area contributed by atoms with Crippen molar-refractivity contribution in [1.82, 2.24) is 37.3 Å². The van der Waals surface area contributed by atoms with Crippen LogP contribution < -0.4 is 18.9 Å². The van der Waals surface area contributed by atoms with Crippen molar-refractivity contribution >= 4 is 72.5 Å². The molecule has 12 rings (SSSR count). The van der Waals surface area contributed by atoms with Crippen molar-refractivity contribution in [3.8, 4) is 0 Å². The number of likely N-dealkylation sites (tertiary alicyclic amines) is 1. The number of halogens is 1. The van der Waals surface area contributed by atoms with Crippen LogP contribution >= 0.6 is 12.4 Å². The highest BCUT2D eigenvalue weighted by molar-refractivity contribution is 7.90. The number of nitrogens with zero attached hydrogens (tertiary/aromatic N) is 4. The molecule has 5 aliphatic rings. The van der Waals surface area contributed by atoms with Crippen LogP contribution in [-0.4, -0.2) is 154 Å². The number of rotatable bonds is 22. The Kier molecular flexibility index (Phi) is 38.6. The van der Waals surface area contributed by atoms with E-state index in [1.807, 2.05) is 127 Å². The molecule has 0 atom stereocenters. The van der Waals surface area contributed by atoms with Crippen molar-refractivity contribution in [2.24, 2.45) is 17.8 Å². The predicted molar refractivity (Wildman–Crippen MR) is 451 cm³/mol. The maximum absolute atomic E-state index is 12.5. The highest BCUT2D eigenvalue weighted by Gasteiger charge is 2.31. The van der Waals surface area contributed by atoms with Gasteiger partial charge in [0.25, 0.3) is 0 Å². The number of benzene rings is 7. The third-order valence-corrected chi connectivity index (χ3v) is 30.6. The lowest BCUT2D eigenvalue weighted by molar-refractivity contribution is 0.200. The van der Waals surface area contributed by atoms with Crippen LogP contribution in [-0.2, 0) is 66.7 Å². The summed E-state index contributed by atoms with van der Waals surface area (Å²) in [6.07, 6.45) is 18.2. The Morgan fingerprint density at radius 2 is 0.685 bits per heavy atom. The first-order chi connectivity index (χ1) is 52.1. The number of likely N-dealkylation sites (N-methyl/N-ethyl adjacent to an activating group) is 1. The summed E-state index contributed by atoms with van der Waals surface area (Å²) in [5.74, 6) is 1.84. The lowest BCUT2D eigenvalue weighted by Gasteiger charge is -2.32. The minimum absolute atomic E-state index is 0. The summed E-state index contributed by atoms with van der Waals surface area (Å²) in [5, 5.41) is 0. The fraction of sp³-hybridized carbons (Fsp3) is 0.500. The summed E-state index contributed by atoms with van der Waals surface area (Å²) < 4.78 is 161. The van der Waals surface area contributed by atoms with E-state index in [-0.39, 0.29) is 24.5 Å². The predicted octanol–water partition coefficient (Wildman–Crippen LogP) is 14.9. The molecule has 2 aliphatic carbocycles. The van der Waals surface area contributed by atoms with Crippen LogP contribution in [0.1, 0.15) is 162 Å². The standard InChI is InChI=1S/C19H24N2O2S.2C14H21NO2S.2C13H19NO2S.C11H18N2O2S.ClH/c1-16-7-9-19(10-8-16)24(22,23)20-18-11-13-21(14-12-18)15-17-5-3-2-4-6-17;1-12-7-9-14(10-8-12)18(16,17)15-11-13-5-3-2-4-6-13;1-3-13-8-10-15(11-9-13)18(16,17)14-6-4-12(2)5-7-14;1-11-3-5-13(6-4-11)17(15,16)14-9-7-12(2)8-10-14;1-11-7-9-13(10-8-11)17(15,16)14-12-5-3-2-4-6-12;1-10-4-6-11(7-5-10)16(14,15)12-8-9-13(2)3;/h2-10,18,20H,11-15H2,1H3;7-10,13,15H,2-6,11H2,1H3;4-7,13H,3,8-11H2,1-2H3;3-6,12H,7-10H2,1-2H3;7-10,12,14H,2-6H2,1H3;4-7,12H,8-9H2,1-3H3;1H. The highest BCUT2D eigenvalue weighted by Crippen LogP contribution is 2.29. The summed E-state index contributed by atoms with van der Waals surface area (Å²) in [7, 11) is -16.2. The molecule has 0 aromatic heterocycles. The Labute approximate surface area is 673 Å². The number of nitrogens with one attached hydrogen (secondary N) is 4. The lowest BCUT2D eigenvalue weighted by Crippen LogP contribution is -2.44. The Morgan fingerprint density at radius 1 is 0.360 bits per heavy atom. The van der Waals surface area contributed by atoms with Gasteiger partial charge in [-0.3, -0.25) is 4.90 Å². The quantitative estimate of drug-likeness (QED) is 0.0492. The van der Waals surface area contributed by atoms with Crippen molar-refractivity contribution in [3.63, 3.8) is 0 Å². The van der Waals surface area contributed by atoms with E-state index in [2.05, 4.69) is 61.9 Å².